The van der Waals surface area contributed by atoms with Gasteiger partial charge in [0.2, 0.25) is 0 Å². The van der Waals surface area contributed by atoms with Gasteiger partial charge in [0.15, 0.2) is 0 Å². The summed E-state index contributed by atoms with van der Waals surface area (Å²) in [5.41, 5.74) is 0.379. The Balaban J connectivity index is 2.55. The van der Waals surface area contributed by atoms with Crippen LogP contribution in [0.2, 0.25) is 0 Å². The monoisotopic (exact) mass is 212 g/mol. The summed E-state index contributed by atoms with van der Waals surface area (Å²) in [5.74, 6) is 1.51. The van der Waals surface area contributed by atoms with E-state index in [2.05, 4.69) is 58.5 Å². The molecule has 0 amide bonds. The Bertz CT molecular complexity index is 187. The highest BCUT2D eigenvalue weighted by molar-refractivity contribution is 4.93. The van der Waals surface area contributed by atoms with Crippen molar-refractivity contribution < 1.29 is 0 Å². The average molecular weight is 212 g/mol. The van der Waals surface area contributed by atoms with Crippen LogP contribution in [0.15, 0.2) is 0 Å². The maximum absolute atomic E-state index is 2.55. The topological polar surface area (TPSA) is 6.02 Å². The lowest BCUT2D eigenvalue weighted by Gasteiger charge is -2.17. The highest BCUT2D eigenvalue weighted by Crippen LogP contribution is 2.40. The minimum absolute atomic E-state index is 0.379. The van der Waals surface area contributed by atoms with Gasteiger partial charge in [0.25, 0.3) is 0 Å². The summed E-state index contributed by atoms with van der Waals surface area (Å²) in [5, 5.41) is 5.09. The molecule has 1 heterocycles. The second-order valence-electron chi connectivity index (χ2n) is 6.77. The molecule has 2 nitrogen and oxygen atoms in total. The molecule has 1 fully saturated rings. The van der Waals surface area contributed by atoms with Crippen LogP contribution in [-0.4, -0.2) is 29.3 Å². The van der Waals surface area contributed by atoms with Crippen LogP contribution in [0.5, 0.6) is 0 Å². The van der Waals surface area contributed by atoms with Crippen molar-refractivity contribution in [2.45, 2.75) is 54.6 Å². The number of hydrogen-bond acceptors (Lipinski definition) is 2. The van der Waals surface area contributed by atoms with Crippen molar-refractivity contribution in [1.29, 1.82) is 0 Å². The Kier molecular flexibility index (Phi) is 3.83. The van der Waals surface area contributed by atoms with Crippen molar-refractivity contribution in [3.05, 3.63) is 0 Å². The smallest absolute Gasteiger partial charge is 0.0942 e. The molecule has 15 heavy (non-hydrogen) atoms. The third-order valence-corrected chi connectivity index (χ3v) is 2.72. The first-order valence-corrected chi connectivity index (χ1v) is 6.26. The molecule has 0 N–H and O–H groups in total. The molecule has 1 aliphatic heterocycles. The fourth-order valence-corrected chi connectivity index (χ4v) is 2.30. The molecule has 2 heteroatoms. The van der Waals surface area contributed by atoms with E-state index in [0.29, 0.717) is 11.6 Å². The van der Waals surface area contributed by atoms with Crippen LogP contribution in [0.4, 0.5) is 0 Å². The van der Waals surface area contributed by atoms with Gasteiger partial charge in [-0.1, -0.05) is 48.5 Å². The number of nitrogens with zero attached hydrogens (tertiary/aromatic N) is 2. The molecular formula is C13H28N2. The maximum Gasteiger partial charge on any atom is 0.0942 e. The summed E-state index contributed by atoms with van der Waals surface area (Å²) in [7, 11) is 0. The van der Waals surface area contributed by atoms with Crippen molar-refractivity contribution in [2.75, 3.05) is 13.1 Å². The molecule has 0 radical (unpaired) electrons. The van der Waals surface area contributed by atoms with Gasteiger partial charge in [0.05, 0.1) is 6.17 Å². The quantitative estimate of drug-likeness (QED) is 0.660. The molecule has 0 aromatic rings. The second-order valence-corrected chi connectivity index (χ2v) is 6.77. The molecule has 0 saturated carbocycles. The second kappa shape index (κ2) is 4.42. The summed E-state index contributed by atoms with van der Waals surface area (Å²) in [6.07, 6.45) is 0.655. The third kappa shape index (κ3) is 3.46. The van der Waals surface area contributed by atoms with E-state index in [0.717, 1.165) is 11.8 Å². The van der Waals surface area contributed by atoms with E-state index in [9.17, 15) is 0 Å². The number of hydrogen-bond donors (Lipinski definition) is 0. The largest absolute Gasteiger partial charge is 0.221 e. The van der Waals surface area contributed by atoms with Crippen LogP contribution in [0, 0.1) is 17.3 Å². The van der Waals surface area contributed by atoms with Crippen LogP contribution in [0.25, 0.3) is 0 Å². The van der Waals surface area contributed by atoms with Crippen LogP contribution >= 0.6 is 0 Å². The minimum Gasteiger partial charge on any atom is -0.221 e. The molecule has 2 unspecified atom stereocenters. The summed E-state index contributed by atoms with van der Waals surface area (Å²) < 4.78 is 0. The molecule has 1 aliphatic rings. The Morgan fingerprint density at radius 3 is 1.40 bits per heavy atom. The molecule has 1 saturated heterocycles. The van der Waals surface area contributed by atoms with Gasteiger partial charge < -0.3 is 0 Å². The highest BCUT2D eigenvalue weighted by Gasteiger charge is 2.51. The summed E-state index contributed by atoms with van der Waals surface area (Å²) in [4.78, 5) is 0. The zero-order valence-electron chi connectivity index (χ0n) is 11.5. The molecule has 1 rings (SSSR count). The van der Waals surface area contributed by atoms with Gasteiger partial charge in [-0.15, -0.1) is 0 Å². The predicted molar refractivity (Wildman–Crippen MR) is 66.3 cm³/mol. The van der Waals surface area contributed by atoms with E-state index in [1.807, 2.05) is 0 Å². The lowest BCUT2D eigenvalue weighted by Crippen LogP contribution is -2.21. The zero-order chi connectivity index (χ0) is 11.8. The fourth-order valence-electron chi connectivity index (χ4n) is 2.30. The normalized spacial score (nSPS) is 31.4. The Morgan fingerprint density at radius 1 is 0.867 bits per heavy atom. The van der Waals surface area contributed by atoms with Crippen LogP contribution in [0.3, 0.4) is 0 Å². The van der Waals surface area contributed by atoms with Crippen molar-refractivity contribution >= 4 is 0 Å². The Labute approximate surface area is 95.6 Å². The van der Waals surface area contributed by atoms with E-state index in [1.54, 1.807) is 0 Å². The summed E-state index contributed by atoms with van der Waals surface area (Å²) in [6, 6.07) is 0. The first kappa shape index (κ1) is 13.0. The average Bonchev–Trinajstić information content (AvgIpc) is 2.57. The molecule has 2 atom stereocenters. The molecule has 0 spiro atoms. The van der Waals surface area contributed by atoms with Crippen molar-refractivity contribution in [3.8, 4) is 0 Å². The first-order chi connectivity index (χ1) is 6.73. The summed E-state index contributed by atoms with van der Waals surface area (Å²) >= 11 is 0. The highest BCUT2D eigenvalue weighted by atomic mass is 15.9. The van der Waals surface area contributed by atoms with E-state index < -0.39 is 0 Å². The standard InChI is InChI=1S/C13H28N2/c1-10(2)8-14-12(13(5,6)7)15(14)9-11(3)4/h10-12H,8-9H2,1-7H3. The lowest BCUT2D eigenvalue weighted by molar-refractivity contribution is 0.258. The van der Waals surface area contributed by atoms with E-state index in [4.69, 9.17) is 0 Å². The van der Waals surface area contributed by atoms with Crippen molar-refractivity contribution in [1.82, 2.24) is 10.0 Å². The van der Waals surface area contributed by atoms with Crippen molar-refractivity contribution in [3.63, 3.8) is 0 Å². The van der Waals surface area contributed by atoms with Gasteiger partial charge in [-0.2, -0.15) is 0 Å². The number of hydrazine groups is 1. The Morgan fingerprint density at radius 2 is 1.20 bits per heavy atom. The summed E-state index contributed by atoms with van der Waals surface area (Å²) in [6.45, 7) is 18.6. The molecular weight excluding hydrogens is 184 g/mol. The van der Waals surface area contributed by atoms with Crippen LogP contribution in [-0.2, 0) is 0 Å². The Hall–Kier alpha value is -0.0800. The maximum atomic E-state index is 2.55. The SMILES string of the molecule is CC(C)CN1C(C(C)(C)C)N1CC(C)C. The number of rotatable bonds is 4. The van der Waals surface area contributed by atoms with E-state index >= 15 is 0 Å². The predicted octanol–water partition coefficient (Wildman–Crippen LogP) is 3.20. The lowest BCUT2D eigenvalue weighted by atomic mass is 9.94. The van der Waals surface area contributed by atoms with Crippen LogP contribution in [0.1, 0.15) is 48.5 Å². The van der Waals surface area contributed by atoms with Crippen LogP contribution < -0.4 is 0 Å². The van der Waals surface area contributed by atoms with Gasteiger partial charge >= 0.3 is 0 Å². The minimum atomic E-state index is 0.379. The molecule has 0 aliphatic carbocycles. The van der Waals surface area contributed by atoms with Gasteiger partial charge in [-0.05, 0) is 17.3 Å². The van der Waals surface area contributed by atoms with Gasteiger partial charge in [0.1, 0.15) is 0 Å². The van der Waals surface area contributed by atoms with Gasteiger partial charge in [-0.25, -0.2) is 10.0 Å². The van der Waals surface area contributed by atoms with E-state index in [1.165, 1.54) is 13.1 Å². The first-order valence-electron chi connectivity index (χ1n) is 6.26. The zero-order valence-corrected chi connectivity index (χ0v) is 11.5. The molecule has 0 aromatic heterocycles. The fraction of sp³-hybridized carbons (Fsp3) is 1.00. The molecule has 90 valence electrons. The van der Waals surface area contributed by atoms with Gasteiger partial charge in [0, 0.05) is 13.1 Å². The van der Waals surface area contributed by atoms with Gasteiger partial charge in [-0.3, -0.25) is 0 Å². The van der Waals surface area contributed by atoms with E-state index in [-0.39, 0.29) is 0 Å². The molecule has 0 bridgehead atoms. The molecule has 0 aromatic carbocycles. The third-order valence-electron chi connectivity index (χ3n) is 2.72. The van der Waals surface area contributed by atoms with Crippen molar-refractivity contribution in [2.24, 2.45) is 17.3 Å².